The predicted molar refractivity (Wildman–Crippen MR) is 82.2 cm³/mol. The molecule has 1 heterocycles. The molecule has 1 aromatic heterocycles. The van der Waals surface area contributed by atoms with Gasteiger partial charge in [-0.2, -0.15) is 0 Å². The molecule has 4 heteroatoms. The zero-order valence-electron chi connectivity index (χ0n) is 11.8. The summed E-state index contributed by atoms with van der Waals surface area (Å²) in [4.78, 5) is 13.0. The normalized spacial score (nSPS) is 10.3. The summed E-state index contributed by atoms with van der Waals surface area (Å²) in [6.07, 6.45) is 1.26. The van der Waals surface area contributed by atoms with E-state index < -0.39 is 0 Å². The van der Waals surface area contributed by atoms with Crippen molar-refractivity contribution in [2.45, 2.75) is 26.3 Å². The average Bonchev–Trinajstić information content (AvgIpc) is 2.89. The van der Waals surface area contributed by atoms with Gasteiger partial charge in [0.25, 0.3) is 0 Å². The number of carbonyl (C=O) groups excluding carboxylic acids is 1. The van der Waals surface area contributed by atoms with Gasteiger partial charge in [-0.15, -0.1) is 11.3 Å². The van der Waals surface area contributed by atoms with Gasteiger partial charge in [0.05, 0.1) is 13.7 Å². The van der Waals surface area contributed by atoms with Gasteiger partial charge in [0.15, 0.2) is 0 Å². The van der Waals surface area contributed by atoms with E-state index in [0.29, 0.717) is 13.0 Å². The van der Waals surface area contributed by atoms with Gasteiger partial charge in [0.1, 0.15) is 5.75 Å². The van der Waals surface area contributed by atoms with Crippen molar-refractivity contribution in [1.82, 2.24) is 5.32 Å². The summed E-state index contributed by atoms with van der Waals surface area (Å²) >= 11 is 1.68. The minimum atomic E-state index is 0.0913. The van der Waals surface area contributed by atoms with Crippen LogP contribution < -0.4 is 10.1 Å². The zero-order chi connectivity index (χ0) is 14.4. The second kappa shape index (κ2) is 7.10. The number of aryl methyl sites for hydroxylation is 2. The number of benzene rings is 1. The van der Waals surface area contributed by atoms with Gasteiger partial charge in [0.2, 0.25) is 5.91 Å². The van der Waals surface area contributed by atoms with Crippen LogP contribution >= 0.6 is 11.3 Å². The Kier molecular flexibility index (Phi) is 5.18. The zero-order valence-corrected chi connectivity index (χ0v) is 12.6. The quantitative estimate of drug-likeness (QED) is 0.886. The number of hydrogen-bond donors (Lipinski definition) is 1. The molecule has 106 valence electrons. The molecule has 20 heavy (non-hydrogen) atoms. The maximum absolute atomic E-state index is 11.8. The van der Waals surface area contributed by atoms with Crippen LogP contribution in [0.4, 0.5) is 0 Å². The van der Waals surface area contributed by atoms with Gasteiger partial charge < -0.3 is 10.1 Å². The standard InChI is InChI=1S/C16H19NO2S/c1-12-9-10-20-15(12)11-17-16(18)8-5-13-3-6-14(19-2)7-4-13/h3-4,6-7,9-10H,5,8,11H2,1-2H3,(H,17,18). The monoisotopic (exact) mass is 289 g/mol. The largest absolute Gasteiger partial charge is 0.497 e. The van der Waals surface area contributed by atoms with Gasteiger partial charge in [0, 0.05) is 11.3 Å². The average molecular weight is 289 g/mol. The van der Waals surface area contributed by atoms with E-state index in [1.165, 1.54) is 10.4 Å². The van der Waals surface area contributed by atoms with Crippen molar-refractivity contribution in [3.05, 3.63) is 51.7 Å². The van der Waals surface area contributed by atoms with Crippen LogP contribution in [0.25, 0.3) is 0 Å². The van der Waals surface area contributed by atoms with Crippen LogP contribution in [0.5, 0.6) is 5.75 Å². The first-order valence-electron chi connectivity index (χ1n) is 6.61. The molecule has 0 radical (unpaired) electrons. The van der Waals surface area contributed by atoms with E-state index in [1.807, 2.05) is 29.6 Å². The molecule has 3 nitrogen and oxygen atoms in total. The van der Waals surface area contributed by atoms with E-state index >= 15 is 0 Å². The smallest absolute Gasteiger partial charge is 0.220 e. The van der Waals surface area contributed by atoms with Gasteiger partial charge in [-0.25, -0.2) is 0 Å². The molecule has 1 amide bonds. The van der Waals surface area contributed by atoms with Crippen molar-refractivity contribution in [1.29, 1.82) is 0 Å². The SMILES string of the molecule is COc1ccc(CCC(=O)NCc2sccc2C)cc1. The third-order valence-corrected chi connectivity index (χ3v) is 4.24. The van der Waals surface area contributed by atoms with Crippen LogP contribution in [0, 0.1) is 6.92 Å². The molecule has 0 saturated carbocycles. The van der Waals surface area contributed by atoms with Crippen LogP contribution in [0.2, 0.25) is 0 Å². The van der Waals surface area contributed by atoms with E-state index in [9.17, 15) is 4.79 Å². The number of carbonyl (C=O) groups is 1. The maximum Gasteiger partial charge on any atom is 0.220 e. The molecule has 2 rings (SSSR count). The molecule has 0 saturated heterocycles. The summed E-state index contributed by atoms with van der Waals surface area (Å²) in [5, 5.41) is 5.02. The first kappa shape index (κ1) is 14.6. The van der Waals surface area contributed by atoms with Crippen molar-refractivity contribution in [2.24, 2.45) is 0 Å². The predicted octanol–water partition coefficient (Wildman–Crippen LogP) is 3.31. The number of amides is 1. The Labute approximate surface area is 123 Å². The number of ether oxygens (including phenoxy) is 1. The van der Waals surface area contributed by atoms with Gasteiger partial charge >= 0.3 is 0 Å². The fourth-order valence-corrected chi connectivity index (χ4v) is 2.75. The lowest BCUT2D eigenvalue weighted by molar-refractivity contribution is -0.121. The fourth-order valence-electron chi connectivity index (χ4n) is 1.90. The topological polar surface area (TPSA) is 38.3 Å². The number of rotatable bonds is 6. The summed E-state index contributed by atoms with van der Waals surface area (Å²) in [7, 11) is 1.65. The number of thiophene rings is 1. The summed E-state index contributed by atoms with van der Waals surface area (Å²) < 4.78 is 5.11. The molecular weight excluding hydrogens is 270 g/mol. The van der Waals surface area contributed by atoms with Crippen molar-refractivity contribution >= 4 is 17.2 Å². The summed E-state index contributed by atoms with van der Waals surface area (Å²) in [5.41, 5.74) is 2.39. The van der Waals surface area contributed by atoms with Crippen molar-refractivity contribution in [3.63, 3.8) is 0 Å². The van der Waals surface area contributed by atoms with Crippen LogP contribution in [0.1, 0.15) is 22.4 Å². The van der Waals surface area contributed by atoms with E-state index in [4.69, 9.17) is 4.74 Å². The highest BCUT2D eigenvalue weighted by atomic mass is 32.1. The van der Waals surface area contributed by atoms with Crippen LogP contribution in [-0.4, -0.2) is 13.0 Å². The van der Waals surface area contributed by atoms with Crippen LogP contribution in [0.3, 0.4) is 0 Å². The van der Waals surface area contributed by atoms with Crippen molar-refractivity contribution in [3.8, 4) is 5.75 Å². The lowest BCUT2D eigenvalue weighted by atomic mass is 10.1. The molecule has 0 spiro atoms. The molecule has 0 aliphatic carbocycles. The van der Waals surface area contributed by atoms with E-state index in [-0.39, 0.29) is 5.91 Å². The summed E-state index contributed by atoms with van der Waals surface area (Å²) in [6.45, 7) is 2.69. The number of hydrogen-bond acceptors (Lipinski definition) is 3. The number of nitrogens with one attached hydrogen (secondary N) is 1. The van der Waals surface area contributed by atoms with Crippen molar-refractivity contribution < 1.29 is 9.53 Å². The van der Waals surface area contributed by atoms with Gasteiger partial charge in [-0.1, -0.05) is 12.1 Å². The van der Waals surface area contributed by atoms with E-state index in [1.54, 1.807) is 18.4 Å². The Bertz CT molecular complexity index is 560. The third-order valence-electron chi connectivity index (χ3n) is 3.21. The number of methoxy groups -OCH3 is 1. The molecular formula is C16H19NO2S. The minimum Gasteiger partial charge on any atom is -0.497 e. The Morgan fingerprint density at radius 3 is 2.60 bits per heavy atom. The molecule has 0 bridgehead atoms. The Hall–Kier alpha value is -1.81. The fraction of sp³-hybridized carbons (Fsp3) is 0.312. The Balaban J connectivity index is 1.75. The van der Waals surface area contributed by atoms with Crippen molar-refractivity contribution in [2.75, 3.05) is 7.11 Å². The molecule has 2 aromatic rings. The molecule has 0 aliphatic heterocycles. The molecule has 0 unspecified atom stereocenters. The first-order chi connectivity index (χ1) is 9.69. The minimum absolute atomic E-state index is 0.0913. The van der Waals surface area contributed by atoms with Gasteiger partial charge in [-0.3, -0.25) is 4.79 Å². The second-order valence-corrected chi connectivity index (χ2v) is 5.65. The maximum atomic E-state index is 11.8. The highest BCUT2D eigenvalue weighted by Crippen LogP contribution is 2.15. The molecule has 1 aromatic carbocycles. The second-order valence-electron chi connectivity index (χ2n) is 4.65. The lowest BCUT2D eigenvalue weighted by Gasteiger charge is -2.06. The van der Waals surface area contributed by atoms with E-state index in [0.717, 1.165) is 17.7 Å². The van der Waals surface area contributed by atoms with Gasteiger partial charge in [-0.05, 0) is 48.1 Å². The first-order valence-corrected chi connectivity index (χ1v) is 7.49. The third kappa shape index (κ3) is 4.10. The van der Waals surface area contributed by atoms with Crippen LogP contribution in [0.15, 0.2) is 35.7 Å². The highest BCUT2D eigenvalue weighted by Gasteiger charge is 2.05. The molecule has 0 fully saturated rings. The molecule has 0 atom stereocenters. The Morgan fingerprint density at radius 2 is 2.00 bits per heavy atom. The summed E-state index contributed by atoms with van der Waals surface area (Å²) in [5.74, 6) is 0.931. The highest BCUT2D eigenvalue weighted by molar-refractivity contribution is 7.10. The van der Waals surface area contributed by atoms with E-state index in [2.05, 4.69) is 18.3 Å². The Morgan fingerprint density at radius 1 is 1.25 bits per heavy atom. The summed E-state index contributed by atoms with van der Waals surface area (Å²) in [6, 6.07) is 9.90. The lowest BCUT2D eigenvalue weighted by Crippen LogP contribution is -2.22. The molecule has 0 aliphatic rings. The molecule has 1 N–H and O–H groups in total. The van der Waals surface area contributed by atoms with Crippen LogP contribution in [-0.2, 0) is 17.8 Å².